The van der Waals surface area contributed by atoms with Crippen molar-refractivity contribution in [3.63, 3.8) is 0 Å². The van der Waals surface area contributed by atoms with E-state index in [9.17, 15) is 26.7 Å². The van der Waals surface area contributed by atoms with Gasteiger partial charge in [0.15, 0.2) is 11.6 Å². The second kappa shape index (κ2) is 6.99. The summed E-state index contributed by atoms with van der Waals surface area (Å²) < 4.78 is 62.9. The molecule has 0 unspecified atom stereocenters. The molecule has 0 aliphatic carbocycles. The number of carbonyl (C=O) groups is 1. The summed E-state index contributed by atoms with van der Waals surface area (Å²) in [6.45, 7) is 0. The lowest BCUT2D eigenvalue weighted by Gasteiger charge is -2.12. The Labute approximate surface area is 132 Å². The molecule has 2 aromatic carbocycles. The first kappa shape index (κ1) is 17.3. The Morgan fingerprint density at radius 2 is 1.74 bits per heavy atom. The van der Waals surface area contributed by atoms with Crippen LogP contribution in [0.2, 0.25) is 0 Å². The Morgan fingerprint density at radius 1 is 1.04 bits per heavy atom. The molecule has 0 radical (unpaired) electrons. The van der Waals surface area contributed by atoms with Gasteiger partial charge in [-0.05, 0) is 30.3 Å². The van der Waals surface area contributed by atoms with E-state index in [0.717, 1.165) is 18.2 Å². The number of halogens is 5. The molecule has 0 aliphatic rings. The maximum absolute atomic E-state index is 13.1. The molecule has 122 valence electrons. The number of benzene rings is 2. The first-order chi connectivity index (χ1) is 10.8. The molecule has 23 heavy (non-hydrogen) atoms. The average molecular weight is 347 g/mol. The predicted octanol–water partition coefficient (Wildman–Crippen LogP) is 4.87. The number of alkyl halides is 3. The molecule has 0 fully saturated rings. The Balaban J connectivity index is 2.16. The fraction of sp³-hybridized carbons (Fsp3) is 0.133. The molecule has 0 aromatic heterocycles. The fourth-order valence-corrected chi connectivity index (χ4v) is 2.46. The van der Waals surface area contributed by atoms with Crippen LogP contribution in [0.5, 0.6) is 0 Å². The molecule has 0 heterocycles. The number of carbonyl (C=O) groups excluding carboxylic acids is 1. The van der Waals surface area contributed by atoms with Crippen LogP contribution in [0.15, 0.2) is 47.4 Å². The van der Waals surface area contributed by atoms with Crippen molar-refractivity contribution in [2.75, 3.05) is 11.1 Å². The van der Waals surface area contributed by atoms with Crippen LogP contribution < -0.4 is 5.32 Å². The Kier molecular flexibility index (Phi) is 5.25. The number of rotatable bonds is 4. The second-order valence-electron chi connectivity index (χ2n) is 4.48. The molecule has 8 heteroatoms. The van der Waals surface area contributed by atoms with Crippen LogP contribution in [-0.4, -0.2) is 17.8 Å². The maximum atomic E-state index is 13.1. The first-order valence-electron chi connectivity index (χ1n) is 6.31. The van der Waals surface area contributed by atoms with E-state index in [0.29, 0.717) is 11.8 Å². The van der Waals surface area contributed by atoms with Crippen LogP contribution in [-0.2, 0) is 0 Å². The third kappa shape index (κ3) is 4.95. The summed E-state index contributed by atoms with van der Waals surface area (Å²) in [5, 5.41) is 2.39. The summed E-state index contributed by atoms with van der Waals surface area (Å²) in [5.41, 5.74) is 0.0241. The molecular weight excluding hydrogens is 337 g/mol. The molecule has 1 amide bonds. The van der Waals surface area contributed by atoms with E-state index in [-0.39, 0.29) is 16.1 Å². The van der Waals surface area contributed by atoms with E-state index in [2.05, 4.69) is 5.32 Å². The summed E-state index contributed by atoms with van der Waals surface area (Å²) >= 11 is 0.523. The van der Waals surface area contributed by atoms with Crippen molar-refractivity contribution in [3.8, 4) is 0 Å². The number of anilines is 1. The molecule has 0 atom stereocenters. The van der Waals surface area contributed by atoms with Crippen molar-refractivity contribution < 1.29 is 26.7 Å². The summed E-state index contributed by atoms with van der Waals surface area (Å²) in [6, 6.07) is 8.53. The third-order valence-corrected chi connectivity index (χ3v) is 3.85. The molecule has 0 bridgehead atoms. The SMILES string of the molecule is O=C(Nc1ccccc1SCC(F)(F)F)c1ccc(F)c(F)c1. The van der Waals surface area contributed by atoms with E-state index >= 15 is 0 Å². The number of nitrogens with one attached hydrogen (secondary N) is 1. The van der Waals surface area contributed by atoms with Crippen molar-refractivity contribution in [2.45, 2.75) is 11.1 Å². The van der Waals surface area contributed by atoms with Gasteiger partial charge in [-0.15, -0.1) is 11.8 Å². The highest BCUT2D eigenvalue weighted by molar-refractivity contribution is 7.99. The molecule has 0 spiro atoms. The van der Waals surface area contributed by atoms with Crippen LogP contribution in [0.25, 0.3) is 0 Å². The van der Waals surface area contributed by atoms with E-state index in [1.54, 1.807) is 6.07 Å². The van der Waals surface area contributed by atoms with E-state index in [4.69, 9.17) is 0 Å². The normalized spacial score (nSPS) is 11.3. The maximum Gasteiger partial charge on any atom is 0.398 e. The van der Waals surface area contributed by atoms with Crippen LogP contribution in [0.3, 0.4) is 0 Å². The van der Waals surface area contributed by atoms with Crippen molar-refractivity contribution >= 4 is 23.4 Å². The number of amides is 1. The number of hydrogen-bond acceptors (Lipinski definition) is 2. The Bertz CT molecular complexity index is 717. The zero-order chi connectivity index (χ0) is 17.0. The Hall–Kier alpha value is -2.09. The van der Waals surface area contributed by atoms with Crippen molar-refractivity contribution in [1.82, 2.24) is 0 Å². The second-order valence-corrected chi connectivity index (χ2v) is 5.50. The van der Waals surface area contributed by atoms with Gasteiger partial charge in [-0.25, -0.2) is 8.78 Å². The summed E-state index contributed by atoms with van der Waals surface area (Å²) in [6.07, 6.45) is -4.35. The highest BCUT2D eigenvalue weighted by Crippen LogP contribution is 2.32. The average Bonchev–Trinajstić information content (AvgIpc) is 2.48. The first-order valence-corrected chi connectivity index (χ1v) is 7.30. The van der Waals surface area contributed by atoms with Gasteiger partial charge in [0.1, 0.15) is 0 Å². The summed E-state index contributed by atoms with van der Waals surface area (Å²) in [5.74, 6) is -4.13. The van der Waals surface area contributed by atoms with Gasteiger partial charge >= 0.3 is 6.18 Å². The van der Waals surface area contributed by atoms with Gasteiger partial charge in [0.2, 0.25) is 0 Å². The number of thioether (sulfide) groups is 1. The van der Waals surface area contributed by atoms with Crippen LogP contribution in [0.4, 0.5) is 27.6 Å². The van der Waals surface area contributed by atoms with Gasteiger partial charge in [-0.3, -0.25) is 4.79 Å². The summed E-state index contributed by atoms with van der Waals surface area (Å²) in [4.78, 5) is 12.2. The summed E-state index contributed by atoms with van der Waals surface area (Å²) in [7, 11) is 0. The van der Waals surface area contributed by atoms with E-state index < -0.39 is 29.5 Å². The molecule has 0 saturated heterocycles. The lowest BCUT2D eigenvalue weighted by atomic mass is 10.2. The minimum Gasteiger partial charge on any atom is -0.321 e. The monoisotopic (exact) mass is 347 g/mol. The zero-order valence-corrected chi connectivity index (χ0v) is 12.3. The van der Waals surface area contributed by atoms with Gasteiger partial charge in [0.25, 0.3) is 5.91 Å². The van der Waals surface area contributed by atoms with Crippen LogP contribution >= 0.6 is 11.8 Å². The van der Waals surface area contributed by atoms with Gasteiger partial charge in [-0.1, -0.05) is 12.1 Å². The van der Waals surface area contributed by atoms with Crippen molar-refractivity contribution in [1.29, 1.82) is 0 Å². The van der Waals surface area contributed by atoms with E-state index in [1.807, 2.05) is 0 Å². The van der Waals surface area contributed by atoms with Crippen molar-refractivity contribution in [2.24, 2.45) is 0 Å². The highest BCUT2D eigenvalue weighted by atomic mass is 32.2. The highest BCUT2D eigenvalue weighted by Gasteiger charge is 2.27. The Morgan fingerprint density at radius 3 is 2.39 bits per heavy atom. The van der Waals surface area contributed by atoms with Gasteiger partial charge in [0, 0.05) is 10.5 Å². The fourth-order valence-electron chi connectivity index (χ4n) is 1.69. The lowest BCUT2D eigenvalue weighted by Crippen LogP contribution is -2.14. The largest absolute Gasteiger partial charge is 0.398 e. The quantitative estimate of drug-likeness (QED) is 0.631. The minimum absolute atomic E-state index is 0.139. The molecule has 0 saturated carbocycles. The topological polar surface area (TPSA) is 29.1 Å². The number of para-hydroxylation sites is 1. The van der Waals surface area contributed by atoms with Gasteiger partial charge in [0.05, 0.1) is 11.4 Å². The predicted molar refractivity (Wildman–Crippen MR) is 77.5 cm³/mol. The van der Waals surface area contributed by atoms with Gasteiger partial charge < -0.3 is 5.32 Å². The molecule has 1 N–H and O–H groups in total. The molecule has 2 rings (SSSR count). The van der Waals surface area contributed by atoms with Crippen LogP contribution in [0.1, 0.15) is 10.4 Å². The lowest BCUT2D eigenvalue weighted by molar-refractivity contribution is -0.105. The van der Waals surface area contributed by atoms with Crippen molar-refractivity contribution in [3.05, 3.63) is 59.7 Å². The third-order valence-electron chi connectivity index (χ3n) is 2.71. The van der Waals surface area contributed by atoms with Crippen LogP contribution in [0, 0.1) is 11.6 Å². The van der Waals surface area contributed by atoms with E-state index in [1.165, 1.54) is 18.2 Å². The zero-order valence-electron chi connectivity index (χ0n) is 11.5. The number of hydrogen-bond donors (Lipinski definition) is 1. The smallest absolute Gasteiger partial charge is 0.321 e. The molecular formula is C15H10F5NOS. The molecule has 0 aliphatic heterocycles. The molecule has 2 aromatic rings. The van der Waals surface area contributed by atoms with Gasteiger partial charge in [-0.2, -0.15) is 13.2 Å². The standard InChI is InChI=1S/C15H10F5NOS/c16-10-6-5-9(7-11(10)17)14(22)21-12-3-1-2-4-13(12)23-8-15(18,19)20/h1-7H,8H2,(H,21,22). The minimum atomic E-state index is -4.35. The molecule has 2 nitrogen and oxygen atoms in total.